The Hall–Kier alpha value is -1.44. The normalized spacial score (nSPS) is 10.0. The first-order chi connectivity index (χ1) is 9.15. The van der Waals surface area contributed by atoms with Crippen LogP contribution in [0.1, 0.15) is 11.1 Å². The average molecular weight is 334 g/mol. The maximum Gasteiger partial charge on any atom is 0.146 e. The lowest BCUT2D eigenvalue weighted by Crippen LogP contribution is -1.91. The summed E-state index contributed by atoms with van der Waals surface area (Å²) in [7, 11) is 0. The van der Waals surface area contributed by atoms with Gasteiger partial charge in [0.2, 0.25) is 0 Å². The molecule has 0 aliphatic heterocycles. The van der Waals surface area contributed by atoms with Crippen LogP contribution in [0.2, 0.25) is 0 Å². The third-order valence-electron chi connectivity index (χ3n) is 2.68. The Morgan fingerprint density at radius 1 is 1.26 bits per heavy atom. The Balaban J connectivity index is 2.38. The molecule has 0 atom stereocenters. The maximum atomic E-state index is 9.26. The number of ether oxygens (including phenoxy) is 1. The summed E-state index contributed by atoms with van der Waals surface area (Å²) in [6, 6.07) is 13.6. The first kappa shape index (κ1) is 14.0. The van der Waals surface area contributed by atoms with E-state index in [1.807, 2.05) is 49.6 Å². The first-order valence-electron chi connectivity index (χ1n) is 5.67. The van der Waals surface area contributed by atoms with E-state index in [1.165, 1.54) is 0 Å². The summed E-state index contributed by atoms with van der Waals surface area (Å²) in [6.07, 6.45) is 1.95. The van der Waals surface area contributed by atoms with Crippen molar-refractivity contribution in [3.05, 3.63) is 52.0 Å². The van der Waals surface area contributed by atoms with E-state index in [9.17, 15) is 5.26 Å². The van der Waals surface area contributed by atoms with E-state index < -0.39 is 0 Å². The molecule has 0 saturated heterocycles. The van der Waals surface area contributed by atoms with Crippen molar-refractivity contribution in [1.29, 1.82) is 5.26 Å². The van der Waals surface area contributed by atoms with Crippen molar-refractivity contribution >= 4 is 27.7 Å². The lowest BCUT2D eigenvalue weighted by atomic mass is 10.2. The molecule has 0 bridgehead atoms. The molecule has 2 aromatic rings. The van der Waals surface area contributed by atoms with Crippen LogP contribution in [-0.4, -0.2) is 6.26 Å². The molecule has 0 amide bonds. The van der Waals surface area contributed by atoms with Crippen LogP contribution in [0.15, 0.2) is 45.8 Å². The summed E-state index contributed by atoms with van der Waals surface area (Å²) in [5, 5.41) is 9.26. The fraction of sp³-hybridized carbons (Fsp3) is 0.133. The highest BCUT2D eigenvalue weighted by atomic mass is 79.9. The number of nitriles is 1. The molecule has 0 saturated carbocycles. The number of aryl methyl sites for hydroxylation is 1. The molecule has 96 valence electrons. The first-order valence-corrected chi connectivity index (χ1v) is 7.68. The SMILES string of the molecule is CSc1cccc(Oc2ccc(Br)c(C)c2)c1C#N. The van der Waals surface area contributed by atoms with E-state index in [1.54, 1.807) is 11.8 Å². The Bertz CT molecular complexity index is 649. The topological polar surface area (TPSA) is 33.0 Å². The van der Waals surface area contributed by atoms with Crippen LogP contribution < -0.4 is 4.74 Å². The van der Waals surface area contributed by atoms with E-state index in [0.717, 1.165) is 20.7 Å². The van der Waals surface area contributed by atoms with Crippen molar-refractivity contribution in [3.8, 4) is 17.6 Å². The van der Waals surface area contributed by atoms with Gasteiger partial charge in [-0.15, -0.1) is 11.8 Å². The molecule has 0 spiro atoms. The smallest absolute Gasteiger partial charge is 0.146 e. The van der Waals surface area contributed by atoms with Gasteiger partial charge in [0.1, 0.15) is 23.1 Å². The predicted octanol–water partition coefficient (Wildman–Crippen LogP) is 5.14. The molecule has 0 aliphatic rings. The summed E-state index contributed by atoms with van der Waals surface area (Å²) in [5.41, 5.74) is 1.67. The Morgan fingerprint density at radius 3 is 2.68 bits per heavy atom. The van der Waals surface area contributed by atoms with E-state index >= 15 is 0 Å². The highest BCUT2D eigenvalue weighted by Gasteiger charge is 2.09. The fourth-order valence-corrected chi connectivity index (χ4v) is 2.50. The van der Waals surface area contributed by atoms with Gasteiger partial charge in [0, 0.05) is 9.37 Å². The van der Waals surface area contributed by atoms with E-state index in [2.05, 4.69) is 22.0 Å². The van der Waals surface area contributed by atoms with Crippen LogP contribution in [0.5, 0.6) is 11.5 Å². The quantitative estimate of drug-likeness (QED) is 0.728. The zero-order chi connectivity index (χ0) is 13.8. The molecule has 0 aliphatic carbocycles. The standard InChI is InChI=1S/C15H12BrNOS/c1-10-8-11(6-7-13(10)16)18-14-4-3-5-15(19-2)12(14)9-17/h3-8H,1-2H3. The number of hydrogen-bond acceptors (Lipinski definition) is 3. The van der Waals surface area contributed by atoms with Crippen molar-refractivity contribution in [2.75, 3.05) is 6.26 Å². The van der Waals surface area contributed by atoms with E-state index in [0.29, 0.717) is 11.3 Å². The second kappa shape index (κ2) is 6.14. The molecular formula is C15H12BrNOS. The second-order valence-corrected chi connectivity index (χ2v) is 5.66. The van der Waals surface area contributed by atoms with Crippen molar-refractivity contribution < 1.29 is 4.74 Å². The van der Waals surface area contributed by atoms with Crippen molar-refractivity contribution in [1.82, 2.24) is 0 Å². The molecule has 0 radical (unpaired) electrons. The Kier molecular flexibility index (Phi) is 4.52. The lowest BCUT2D eigenvalue weighted by Gasteiger charge is -2.10. The summed E-state index contributed by atoms with van der Waals surface area (Å²) in [4.78, 5) is 0.925. The van der Waals surface area contributed by atoms with Crippen LogP contribution in [0.4, 0.5) is 0 Å². The molecule has 2 rings (SSSR count). The molecule has 0 fully saturated rings. The molecule has 2 nitrogen and oxygen atoms in total. The third-order valence-corrected chi connectivity index (χ3v) is 4.35. The highest BCUT2D eigenvalue weighted by Crippen LogP contribution is 2.32. The minimum atomic E-state index is 0.579. The molecule has 4 heteroatoms. The highest BCUT2D eigenvalue weighted by molar-refractivity contribution is 9.10. The van der Waals surface area contributed by atoms with Gasteiger partial charge in [0.25, 0.3) is 0 Å². The van der Waals surface area contributed by atoms with Crippen LogP contribution in [0.3, 0.4) is 0 Å². The van der Waals surface area contributed by atoms with Gasteiger partial charge in [-0.25, -0.2) is 0 Å². The van der Waals surface area contributed by atoms with Gasteiger partial charge in [-0.3, -0.25) is 0 Å². The molecular weight excluding hydrogens is 322 g/mol. The minimum absolute atomic E-state index is 0.579. The zero-order valence-corrected chi connectivity index (χ0v) is 13.0. The van der Waals surface area contributed by atoms with Gasteiger partial charge >= 0.3 is 0 Å². The van der Waals surface area contributed by atoms with Crippen molar-refractivity contribution in [2.45, 2.75) is 11.8 Å². The summed E-state index contributed by atoms with van der Waals surface area (Å²) in [5.74, 6) is 1.33. The summed E-state index contributed by atoms with van der Waals surface area (Å²) in [6.45, 7) is 2.00. The zero-order valence-electron chi connectivity index (χ0n) is 10.6. The maximum absolute atomic E-state index is 9.26. The number of thioether (sulfide) groups is 1. The number of halogens is 1. The van der Waals surface area contributed by atoms with Gasteiger partial charge in [-0.1, -0.05) is 22.0 Å². The number of nitrogens with zero attached hydrogens (tertiary/aromatic N) is 1. The van der Waals surface area contributed by atoms with Gasteiger partial charge in [0.15, 0.2) is 0 Å². The van der Waals surface area contributed by atoms with Crippen LogP contribution in [-0.2, 0) is 0 Å². The van der Waals surface area contributed by atoms with Gasteiger partial charge in [-0.2, -0.15) is 5.26 Å². The second-order valence-electron chi connectivity index (χ2n) is 3.96. The predicted molar refractivity (Wildman–Crippen MR) is 81.9 cm³/mol. The molecule has 0 N–H and O–H groups in total. The number of rotatable bonds is 3. The Labute approximate surface area is 125 Å². The van der Waals surface area contributed by atoms with E-state index in [4.69, 9.17) is 4.74 Å². The number of benzene rings is 2. The third kappa shape index (κ3) is 3.12. The van der Waals surface area contributed by atoms with Crippen molar-refractivity contribution in [3.63, 3.8) is 0 Å². The van der Waals surface area contributed by atoms with Crippen LogP contribution in [0.25, 0.3) is 0 Å². The average Bonchev–Trinajstić information content (AvgIpc) is 2.42. The molecule has 0 unspecified atom stereocenters. The minimum Gasteiger partial charge on any atom is -0.456 e. The number of hydrogen-bond donors (Lipinski definition) is 0. The summed E-state index contributed by atoms with van der Waals surface area (Å²) >= 11 is 4.99. The van der Waals surface area contributed by atoms with Gasteiger partial charge in [-0.05, 0) is 49.1 Å². The molecule has 19 heavy (non-hydrogen) atoms. The van der Waals surface area contributed by atoms with Gasteiger partial charge < -0.3 is 4.74 Å². The van der Waals surface area contributed by atoms with E-state index in [-0.39, 0.29) is 0 Å². The monoisotopic (exact) mass is 333 g/mol. The largest absolute Gasteiger partial charge is 0.456 e. The lowest BCUT2D eigenvalue weighted by molar-refractivity contribution is 0.479. The molecule has 2 aromatic carbocycles. The fourth-order valence-electron chi connectivity index (χ4n) is 1.68. The van der Waals surface area contributed by atoms with Crippen molar-refractivity contribution in [2.24, 2.45) is 0 Å². The molecule has 0 heterocycles. The summed E-state index contributed by atoms with van der Waals surface area (Å²) < 4.78 is 6.86. The Morgan fingerprint density at radius 2 is 2.05 bits per heavy atom. The molecule has 0 aromatic heterocycles. The van der Waals surface area contributed by atoms with Crippen LogP contribution in [0, 0.1) is 18.3 Å². The van der Waals surface area contributed by atoms with Gasteiger partial charge in [0.05, 0.1) is 0 Å². The van der Waals surface area contributed by atoms with Crippen LogP contribution >= 0.6 is 27.7 Å².